The van der Waals surface area contributed by atoms with Crippen LogP contribution in [0.25, 0.3) is 0 Å². The SMILES string of the molecule is O=C(NCc1ccc(Cl)cc1Cl)N1CCC(c2ccncc2)C1. The first-order valence-electron chi connectivity index (χ1n) is 7.50. The van der Waals surface area contributed by atoms with Crippen LogP contribution in [0.5, 0.6) is 0 Å². The summed E-state index contributed by atoms with van der Waals surface area (Å²) >= 11 is 12.0. The van der Waals surface area contributed by atoms with E-state index in [1.807, 2.05) is 23.1 Å². The number of carbonyl (C=O) groups excluding carboxylic acids is 1. The van der Waals surface area contributed by atoms with Gasteiger partial charge < -0.3 is 10.2 Å². The van der Waals surface area contributed by atoms with E-state index in [2.05, 4.69) is 10.3 Å². The van der Waals surface area contributed by atoms with E-state index in [0.29, 0.717) is 22.5 Å². The monoisotopic (exact) mass is 349 g/mol. The minimum atomic E-state index is -0.0624. The minimum absolute atomic E-state index is 0.0624. The maximum atomic E-state index is 12.3. The lowest BCUT2D eigenvalue weighted by Crippen LogP contribution is -2.38. The molecule has 0 aliphatic carbocycles. The van der Waals surface area contributed by atoms with Gasteiger partial charge in [0, 0.05) is 48.0 Å². The van der Waals surface area contributed by atoms with Gasteiger partial charge in [0.25, 0.3) is 0 Å². The zero-order valence-corrected chi connectivity index (χ0v) is 14.0. The van der Waals surface area contributed by atoms with Crippen LogP contribution in [0.1, 0.15) is 23.5 Å². The summed E-state index contributed by atoms with van der Waals surface area (Å²) in [6, 6.07) is 9.24. The van der Waals surface area contributed by atoms with Crippen molar-refractivity contribution in [3.05, 3.63) is 63.9 Å². The molecule has 1 N–H and O–H groups in total. The van der Waals surface area contributed by atoms with Crippen LogP contribution in [-0.4, -0.2) is 29.0 Å². The van der Waals surface area contributed by atoms with Gasteiger partial charge in [-0.3, -0.25) is 4.98 Å². The molecule has 2 heterocycles. The van der Waals surface area contributed by atoms with Crippen molar-refractivity contribution >= 4 is 29.2 Å². The van der Waals surface area contributed by atoms with E-state index in [4.69, 9.17) is 23.2 Å². The molecule has 1 fully saturated rings. The molecule has 2 aromatic rings. The third-order valence-electron chi connectivity index (χ3n) is 4.10. The number of urea groups is 1. The molecular formula is C17H17Cl2N3O. The molecule has 1 unspecified atom stereocenters. The van der Waals surface area contributed by atoms with E-state index >= 15 is 0 Å². The summed E-state index contributed by atoms with van der Waals surface area (Å²) in [5, 5.41) is 4.07. The molecule has 0 radical (unpaired) electrons. The Labute approximate surface area is 145 Å². The van der Waals surface area contributed by atoms with Gasteiger partial charge in [0.05, 0.1) is 0 Å². The van der Waals surface area contributed by atoms with Gasteiger partial charge >= 0.3 is 6.03 Å². The summed E-state index contributed by atoms with van der Waals surface area (Å²) in [5.41, 5.74) is 2.09. The third kappa shape index (κ3) is 3.95. The normalized spacial score (nSPS) is 17.3. The minimum Gasteiger partial charge on any atom is -0.334 e. The number of pyridine rings is 1. The molecule has 0 bridgehead atoms. The summed E-state index contributed by atoms with van der Waals surface area (Å²) in [7, 11) is 0. The van der Waals surface area contributed by atoms with Crippen LogP contribution >= 0.6 is 23.2 Å². The highest BCUT2D eigenvalue weighted by atomic mass is 35.5. The Morgan fingerprint density at radius 2 is 2.04 bits per heavy atom. The Balaban J connectivity index is 1.55. The molecule has 3 rings (SSSR count). The molecule has 1 aliphatic heterocycles. The molecule has 4 nitrogen and oxygen atoms in total. The Bertz CT molecular complexity index is 693. The number of likely N-dealkylation sites (tertiary alicyclic amines) is 1. The van der Waals surface area contributed by atoms with Crippen LogP contribution < -0.4 is 5.32 Å². The zero-order valence-electron chi connectivity index (χ0n) is 12.5. The van der Waals surface area contributed by atoms with E-state index in [-0.39, 0.29) is 6.03 Å². The smallest absolute Gasteiger partial charge is 0.317 e. The predicted molar refractivity (Wildman–Crippen MR) is 91.9 cm³/mol. The van der Waals surface area contributed by atoms with Crippen molar-refractivity contribution in [1.82, 2.24) is 15.2 Å². The number of carbonyl (C=O) groups is 1. The second-order valence-corrected chi connectivity index (χ2v) is 6.45. The molecule has 1 aromatic carbocycles. The van der Waals surface area contributed by atoms with E-state index < -0.39 is 0 Å². The average molecular weight is 350 g/mol. The number of benzene rings is 1. The number of aromatic nitrogens is 1. The van der Waals surface area contributed by atoms with Crippen molar-refractivity contribution in [1.29, 1.82) is 0 Å². The summed E-state index contributed by atoms with van der Waals surface area (Å²) < 4.78 is 0. The van der Waals surface area contributed by atoms with Crippen molar-refractivity contribution in [3.63, 3.8) is 0 Å². The Hall–Kier alpha value is -1.78. The molecule has 0 spiro atoms. The summed E-state index contributed by atoms with van der Waals surface area (Å²) in [6.07, 6.45) is 4.56. The maximum absolute atomic E-state index is 12.3. The van der Waals surface area contributed by atoms with Crippen LogP contribution in [0.15, 0.2) is 42.7 Å². The van der Waals surface area contributed by atoms with Crippen LogP contribution in [0.2, 0.25) is 10.0 Å². The van der Waals surface area contributed by atoms with Crippen molar-refractivity contribution < 1.29 is 4.79 Å². The van der Waals surface area contributed by atoms with E-state index in [1.165, 1.54) is 5.56 Å². The number of nitrogens with one attached hydrogen (secondary N) is 1. The topological polar surface area (TPSA) is 45.2 Å². The van der Waals surface area contributed by atoms with Crippen LogP contribution in [0.4, 0.5) is 4.79 Å². The quantitative estimate of drug-likeness (QED) is 0.906. The maximum Gasteiger partial charge on any atom is 0.317 e. The number of rotatable bonds is 3. The molecule has 1 aromatic heterocycles. The lowest BCUT2D eigenvalue weighted by molar-refractivity contribution is 0.208. The number of halogens is 2. The van der Waals surface area contributed by atoms with Crippen LogP contribution in [0, 0.1) is 0 Å². The molecular weight excluding hydrogens is 333 g/mol. The van der Waals surface area contributed by atoms with Gasteiger partial charge in [-0.15, -0.1) is 0 Å². The van der Waals surface area contributed by atoms with E-state index in [9.17, 15) is 4.79 Å². The van der Waals surface area contributed by atoms with Crippen molar-refractivity contribution in [2.24, 2.45) is 0 Å². The predicted octanol–water partition coefficient (Wildman–Crippen LogP) is 4.09. The van der Waals surface area contributed by atoms with Crippen molar-refractivity contribution in [2.75, 3.05) is 13.1 Å². The molecule has 23 heavy (non-hydrogen) atoms. The fraction of sp³-hybridized carbons (Fsp3) is 0.294. The second kappa shape index (κ2) is 7.20. The number of hydrogen-bond donors (Lipinski definition) is 1. The highest BCUT2D eigenvalue weighted by Crippen LogP contribution is 2.26. The number of hydrogen-bond acceptors (Lipinski definition) is 2. The van der Waals surface area contributed by atoms with Crippen LogP contribution in [0.3, 0.4) is 0 Å². The standard InChI is InChI=1S/C17H17Cl2N3O/c18-15-2-1-13(16(19)9-15)10-21-17(23)22-8-5-14(11-22)12-3-6-20-7-4-12/h1-4,6-7,9,14H,5,8,10-11H2,(H,21,23). The van der Waals surface area contributed by atoms with Gasteiger partial charge in [-0.2, -0.15) is 0 Å². The Morgan fingerprint density at radius 3 is 2.78 bits per heavy atom. The first-order valence-corrected chi connectivity index (χ1v) is 8.25. The molecule has 1 atom stereocenters. The van der Waals surface area contributed by atoms with Gasteiger partial charge in [-0.25, -0.2) is 4.79 Å². The lowest BCUT2D eigenvalue weighted by atomic mass is 10.00. The van der Waals surface area contributed by atoms with E-state index in [1.54, 1.807) is 24.5 Å². The number of amides is 2. The highest BCUT2D eigenvalue weighted by Gasteiger charge is 2.27. The fourth-order valence-corrected chi connectivity index (χ4v) is 3.28. The first-order chi connectivity index (χ1) is 11.1. The zero-order chi connectivity index (χ0) is 16.2. The fourth-order valence-electron chi connectivity index (χ4n) is 2.80. The van der Waals surface area contributed by atoms with Gasteiger partial charge in [0.1, 0.15) is 0 Å². The summed E-state index contributed by atoms with van der Waals surface area (Å²) in [6.45, 7) is 1.88. The Kier molecular flexibility index (Phi) is 5.03. The largest absolute Gasteiger partial charge is 0.334 e. The molecule has 120 valence electrons. The number of nitrogens with zero attached hydrogens (tertiary/aromatic N) is 2. The van der Waals surface area contributed by atoms with Gasteiger partial charge in [0.2, 0.25) is 0 Å². The highest BCUT2D eigenvalue weighted by molar-refractivity contribution is 6.35. The molecule has 1 saturated heterocycles. The van der Waals surface area contributed by atoms with Crippen LogP contribution in [-0.2, 0) is 6.54 Å². The summed E-state index contributed by atoms with van der Waals surface area (Å²) in [5.74, 6) is 0.378. The van der Waals surface area contributed by atoms with Gasteiger partial charge in [-0.05, 0) is 41.8 Å². The average Bonchev–Trinajstić information content (AvgIpc) is 3.05. The molecule has 0 saturated carbocycles. The van der Waals surface area contributed by atoms with Crippen molar-refractivity contribution in [3.8, 4) is 0 Å². The molecule has 1 aliphatic rings. The van der Waals surface area contributed by atoms with E-state index in [0.717, 1.165) is 25.1 Å². The summed E-state index contributed by atoms with van der Waals surface area (Å²) in [4.78, 5) is 18.2. The van der Waals surface area contributed by atoms with Gasteiger partial charge in [0.15, 0.2) is 0 Å². The molecule has 6 heteroatoms. The van der Waals surface area contributed by atoms with Gasteiger partial charge in [-0.1, -0.05) is 29.3 Å². The third-order valence-corrected chi connectivity index (χ3v) is 4.69. The first kappa shape index (κ1) is 16.1. The Morgan fingerprint density at radius 1 is 1.26 bits per heavy atom. The van der Waals surface area contributed by atoms with Crippen molar-refractivity contribution in [2.45, 2.75) is 18.9 Å². The lowest BCUT2D eigenvalue weighted by Gasteiger charge is -2.18. The second-order valence-electron chi connectivity index (χ2n) is 5.61. The molecule has 2 amide bonds.